The number of sulfonamides is 1. The number of nitrogens with one attached hydrogen (secondary N) is 1. The predicted molar refractivity (Wildman–Crippen MR) is 115 cm³/mol. The van der Waals surface area contributed by atoms with Crippen molar-refractivity contribution in [1.29, 1.82) is 0 Å². The highest BCUT2D eigenvalue weighted by atomic mass is 32.2. The van der Waals surface area contributed by atoms with Crippen molar-refractivity contribution in [3.63, 3.8) is 0 Å². The number of nitrogens with zero attached hydrogens (tertiary/aromatic N) is 2. The second-order valence-electron chi connectivity index (χ2n) is 7.23. The summed E-state index contributed by atoms with van der Waals surface area (Å²) in [5.41, 5.74) is 1.98. The molecule has 0 unspecified atom stereocenters. The molecule has 8 nitrogen and oxygen atoms in total. The van der Waals surface area contributed by atoms with Gasteiger partial charge in [0, 0.05) is 37.4 Å². The lowest BCUT2D eigenvalue weighted by Crippen LogP contribution is -2.36. The van der Waals surface area contributed by atoms with E-state index in [0.717, 1.165) is 25.2 Å². The molecule has 30 heavy (non-hydrogen) atoms. The molecule has 0 atom stereocenters. The van der Waals surface area contributed by atoms with Gasteiger partial charge >= 0.3 is 0 Å². The number of hydrogen-bond acceptors (Lipinski definition) is 6. The Kier molecular flexibility index (Phi) is 5.83. The van der Waals surface area contributed by atoms with Crippen LogP contribution in [-0.2, 0) is 19.6 Å². The monoisotopic (exact) mass is 431 g/mol. The summed E-state index contributed by atoms with van der Waals surface area (Å²) in [5, 5.41) is 0. The van der Waals surface area contributed by atoms with Gasteiger partial charge < -0.3 is 19.3 Å². The molecule has 0 saturated carbocycles. The van der Waals surface area contributed by atoms with Crippen LogP contribution in [0.2, 0.25) is 0 Å². The number of benzene rings is 2. The number of amides is 1. The summed E-state index contributed by atoms with van der Waals surface area (Å²) in [6.45, 7) is 3.56. The zero-order valence-corrected chi connectivity index (χ0v) is 17.7. The molecule has 0 radical (unpaired) electrons. The Hall–Kier alpha value is -2.78. The predicted octanol–water partition coefficient (Wildman–Crippen LogP) is 2.46. The summed E-state index contributed by atoms with van der Waals surface area (Å²) >= 11 is 0. The number of rotatable bonds is 6. The first-order valence-corrected chi connectivity index (χ1v) is 11.4. The third kappa shape index (κ3) is 4.22. The van der Waals surface area contributed by atoms with Crippen LogP contribution < -0.4 is 19.3 Å². The number of anilines is 3. The molecule has 2 heterocycles. The minimum absolute atomic E-state index is 0.0329. The van der Waals surface area contributed by atoms with E-state index in [4.69, 9.17) is 9.47 Å². The fourth-order valence-electron chi connectivity index (χ4n) is 3.73. The molecule has 2 aromatic carbocycles. The molecule has 4 rings (SSSR count). The Morgan fingerprint density at radius 3 is 2.40 bits per heavy atom. The van der Waals surface area contributed by atoms with E-state index in [1.165, 1.54) is 19.2 Å². The van der Waals surface area contributed by atoms with E-state index in [1.807, 2.05) is 12.1 Å². The number of morpholine rings is 1. The minimum atomic E-state index is -3.82. The highest BCUT2D eigenvalue weighted by molar-refractivity contribution is 7.92. The summed E-state index contributed by atoms with van der Waals surface area (Å²) in [5.74, 6) is 0.438. The molecule has 9 heteroatoms. The van der Waals surface area contributed by atoms with E-state index in [1.54, 1.807) is 23.1 Å². The van der Waals surface area contributed by atoms with Crippen molar-refractivity contribution < 1.29 is 22.7 Å². The van der Waals surface area contributed by atoms with Gasteiger partial charge in [0.15, 0.2) is 0 Å². The fraction of sp³-hybridized carbons (Fsp3) is 0.381. The van der Waals surface area contributed by atoms with Gasteiger partial charge in [-0.05, 0) is 48.9 Å². The van der Waals surface area contributed by atoms with Gasteiger partial charge in [-0.15, -0.1) is 0 Å². The average molecular weight is 432 g/mol. The largest absolute Gasteiger partial charge is 0.495 e. The van der Waals surface area contributed by atoms with Gasteiger partial charge in [-0.1, -0.05) is 0 Å². The first kappa shape index (κ1) is 20.5. The molecular weight excluding hydrogens is 406 g/mol. The van der Waals surface area contributed by atoms with Crippen molar-refractivity contribution in [2.24, 2.45) is 0 Å². The van der Waals surface area contributed by atoms with E-state index >= 15 is 0 Å². The van der Waals surface area contributed by atoms with Crippen molar-refractivity contribution in [3.8, 4) is 5.75 Å². The Labute approximate surface area is 176 Å². The zero-order valence-electron chi connectivity index (χ0n) is 16.8. The van der Waals surface area contributed by atoms with Crippen LogP contribution in [0, 0.1) is 0 Å². The van der Waals surface area contributed by atoms with Gasteiger partial charge in [0.1, 0.15) is 5.75 Å². The Morgan fingerprint density at radius 2 is 1.77 bits per heavy atom. The van der Waals surface area contributed by atoms with Gasteiger partial charge in [0.2, 0.25) is 5.91 Å². The maximum absolute atomic E-state index is 13.0. The van der Waals surface area contributed by atoms with Crippen LogP contribution >= 0.6 is 0 Å². The Balaban J connectivity index is 1.55. The smallest absolute Gasteiger partial charge is 0.261 e. The third-order valence-corrected chi connectivity index (χ3v) is 6.70. The highest BCUT2D eigenvalue weighted by Gasteiger charge is 2.26. The maximum Gasteiger partial charge on any atom is 0.261 e. The van der Waals surface area contributed by atoms with Crippen LogP contribution in [0.15, 0.2) is 47.4 Å². The average Bonchev–Trinajstić information content (AvgIpc) is 3.20. The van der Waals surface area contributed by atoms with Crippen LogP contribution in [0.25, 0.3) is 0 Å². The minimum Gasteiger partial charge on any atom is -0.495 e. The van der Waals surface area contributed by atoms with Gasteiger partial charge in [0.25, 0.3) is 10.0 Å². The lowest BCUT2D eigenvalue weighted by atomic mass is 10.2. The third-order valence-electron chi connectivity index (χ3n) is 5.32. The summed E-state index contributed by atoms with van der Waals surface area (Å²) in [4.78, 5) is 16.0. The van der Waals surface area contributed by atoms with Crippen molar-refractivity contribution in [2.75, 3.05) is 54.5 Å². The molecule has 0 spiro atoms. The van der Waals surface area contributed by atoms with Crippen LogP contribution in [0.4, 0.5) is 17.1 Å². The van der Waals surface area contributed by atoms with Crippen LogP contribution in [0.3, 0.4) is 0 Å². The summed E-state index contributed by atoms with van der Waals surface area (Å²) < 4.78 is 39.2. The van der Waals surface area contributed by atoms with Crippen molar-refractivity contribution >= 4 is 33.0 Å². The number of ether oxygens (including phenoxy) is 2. The fourth-order valence-corrected chi connectivity index (χ4v) is 4.80. The first-order chi connectivity index (χ1) is 14.5. The van der Waals surface area contributed by atoms with Gasteiger partial charge in [0.05, 0.1) is 30.9 Å². The number of hydrogen-bond donors (Lipinski definition) is 1. The lowest BCUT2D eigenvalue weighted by molar-refractivity contribution is -0.117. The van der Waals surface area contributed by atoms with Crippen LogP contribution in [0.5, 0.6) is 5.75 Å². The van der Waals surface area contributed by atoms with Crippen molar-refractivity contribution in [2.45, 2.75) is 17.7 Å². The molecule has 0 aliphatic carbocycles. The van der Waals surface area contributed by atoms with E-state index in [2.05, 4.69) is 9.62 Å². The summed E-state index contributed by atoms with van der Waals surface area (Å²) in [6.07, 6.45) is 1.20. The molecule has 160 valence electrons. The molecule has 2 aliphatic rings. The highest BCUT2D eigenvalue weighted by Crippen LogP contribution is 2.34. The molecule has 2 fully saturated rings. The van der Waals surface area contributed by atoms with Crippen LogP contribution in [-0.4, -0.2) is 54.3 Å². The van der Waals surface area contributed by atoms with E-state index in [-0.39, 0.29) is 10.8 Å². The molecule has 2 aliphatic heterocycles. The topological polar surface area (TPSA) is 88.2 Å². The molecule has 0 aromatic heterocycles. The number of carbonyl (C=O) groups is 1. The molecule has 2 aromatic rings. The Morgan fingerprint density at radius 1 is 1.03 bits per heavy atom. The second kappa shape index (κ2) is 8.53. The van der Waals surface area contributed by atoms with E-state index < -0.39 is 10.0 Å². The Bertz CT molecular complexity index is 1020. The second-order valence-corrected chi connectivity index (χ2v) is 8.92. The molecule has 2 saturated heterocycles. The van der Waals surface area contributed by atoms with E-state index in [0.29, 0.717) is 43.3 Å². The van der Waals surface area contributed by atoms with Crippen LogP contribution in [0.1, 0.15) is 12.8 Å². The maximum atomic E-state index is 13.0. The standard InChI is InChI=1S/C21H25N3O5S/c1-28-20-9-8-18(15-19(20)24-10-2-3-21(24)25)30(26,27)22-16-4-6-17(7-5-16)23-11-13-29-14-12-23/h4-9,15,22H,2-3,10-14H2,1H3. The van der Waals surface area contributed by atoms with Gasteiger partial charge in [-0.2, -0.15) is 0 Å². The lowest BCUT2D eigenvalue weighted by Gasteiger charge is -2.28. The van der Waals surface area contributed by atoms with Gasteiger partial charge in [-0.3, -0.25) is 9.52 Å². The summed E-state index contributed by atoms with van der Waals surface area (Å²) in [6, 6.07) is 11.8. The zero-order chi connectivity index (χ0) is 21.1. The summed E-state index contributed by atoms with van der Waals surface area (Å²) in [7, 11) is -2.32. The molecule has 1 amide bonds. The SMILES string of the molecule is COc1ccc(S(=O)(=O)Nc2ccc(N3CCOCC3)cc2)cc1N1CCCC1=O. The van der Waals surface area contributed by atoms with Gasteiger partial charge in [-0.25, -0.2) is 8.42 Å². The van der Waals surface area contributed by atoms with Crippen molar-refractivity contribution in [1.82, 2.24) is 0 Å². The number of carbonyl (C=O) groups excluding carboxylic acids is 1. The quantitative estimate of drug-likeness (QED) is 0.756. The normalized spacial score (nSPS) is 17.3. The number of methoxy groups -OCH3 is 1. The first-order valence-electron chi connectivity index (χ1n) is 9.92. The molecular formula is C21H25N3O5S. The van der Waals surface area contributed by atoms with Crippen molar-refractivity contribution in [3.05, 3.63) is 42.5 Å². The molecule has 1 N–H and O–H groups in total. The van der Waals surface area contributed by atoms with E-state index in [9.17, 15) is 13.2 Å². The molecule has 0 bridgehead atoms.